The number of nitrogens with zero attached hydrogens (tertiary/aromatic N) is 1. The van der Waals surface area contributed by atoms with Crippen molar-refractivity contribution in [1.82, 2.24) is 0 Å². The van der Waals surface area contributed by atoms with Crippen molar-refractivity contribution in [3.05, 3.63) is 34.3 Å². The van der Waals surface area contributed by atoms with Crippen LogP contribution < -0.4 is 0 Å². The molecule has 0 heterocycles. The first-order chi connectivity index (χ1) is 9.65. The van der Waals surface area contributed by atoms with Gasteiger partial charge in [-0.1, -0.05) is 33.2 Å². The van der Waals surface area contributed by atoms with Gasteiger partial charge in [0, 0.05) is 10.9 Å². The van der Waals surface area contributed by atoms with Gasteiger partial charge >= 0.3 is 5.97 Å². The van der Waals surface area contributed by atoms with E-state index in [-0.39, 0.29) is 6.42 Å². The molecule has 1 aliphatic carbocycles. The number of halogens is 1. The number of carboxylic acid groups (broad SMARTS) is 1. The Morgan fingerprint density at radius 2 is 2.20 bits per heavy atom. The summed E-state index contributed by atoms with van der Waals surface area (Å²) in [4.78, 5) is 15.5. The van der Waals surface area contributed by atoms with Gasteiger partial charge in [-0.2, -0.15) is 0 Å². The largest absolute Gasteiger partial charge is 0.481 e. The average molecular weight is 340 g/mol. The first-order valence-corrected chi connectivity index (χ1v) is 7.59. The zero-order valence-corrected chi connectivity index (χ0v) is 12.8. The third-order valence-corrected chi connectivity index (χ3v) is 3.85. The lowest BCUT2D eigenvalue weighted by molar-refractivity contribution is -0.137. The Balaban J connectivity index is 1.63. The number of rotatable bonds is 7. The number of carboxylic acids is 1. The van der Waals surface area contributed by atoms with Crippen molar-refractivity contribution < 1.29 is 14.7 Å². The molecule has 0 aliphatic heterocycles. The van der Waals surface area contributed by atoms with Gasteiger partial charge in [-0.3, -0.25) is 4.79 Å². The number of aliphatic carboxylic acids is 1. The van der Waals surface area contributed by atoms with Crippen molar-refractivity contribution in [1.29, 1.82) is 0 Å². The van der Waals surface area contributed by atoms with Crippen LogP contribution in [-0.2, 0) is 9.63 Å². The molecule has 108 valence electrons. The van der Waals surface area contributed by atoms with Gasteiger partial charge < -0.3 is 9.94 Å². The molecule has 1 aliphatic rings. The molecule has 1 aromatic rings. The second kappa shape index (κ2) is 7.43. The molecule has 0 bridgehead atoms. The van der Waals surface area contributed by atoms with E-state index in [0.717, 1.165) is 29.4 Å². The van der Waals surface area contributed by atoms with E-state index in [1.807, 2.05) is 12.1 Å². The number of hydrogen-bond acceptors (Lipinski definition) is 3. The molecule has 0 radical (unpaired) electrons. The van der Waals surface area contributed by atoms with Crippen LogP contribution in [0.25, 0.3) is 0 Å². The molecule has 1 saturated carbocycles. The van der Waals surface area contributed by atoms with E-state index >= 15 is 0 Å². The van der Waals surface area contributed by atoms with Crippen LogP contribution >= 0.6 is 15.9 Å². The molecule has 0 amide bonds. The average Bonchev–Trinajstić information content (AvgIpc) is 2.35. The fraction of sp³-hybridized carbons (Fsp3) is 0.467. The van der Waals surface area contributed by atoms with E-state index in [9.17, 15) is 4.79 Å². The maximum atomic E-state index is 10.3. The molecular weight excluding hydrogens is 322 g/mol. The van der Waals surface area contributed by atoms with Crippen LogP contribution in [-0.4, -0.2) is 23.4 Å². The molecule has 5 heteroatoms. The Labute approximate surface area is 126 Å². The Hall–Kier alpha value is -1.36. The van der Waals surface area contributed by atoms with Gasteiger partial charge in [0.05, 0.1) is 5.71 Å². The minimum Gasteiger partial charge on any atom is -0.481 e. The molecule has 0 spiro atoms. The van der Waals surface area contributed by atoms with Crippen LogP contribution in [0.3, 0.4) is 0 Å². The SMILES string of the molecule is O=C(O)CCCCON=C1CC(c2cccc(Br)c2)C1. The zero-order valence-electron chi connectivity index (χ0n) is 11.2. The second-order valence-corrected chi connectivity index (χ2v) is 5.92. The van der Waals surface area contributed by atoms with Gasteiger partial charge in [0.15, 0.2) is 0 Å². The monoisotopic (exact) mass is 339 g/mol. The van der Waals surface area contributed by atoms with Crippen molar-refractivity contribution in [3.63, 3.8) is 0 Å². The lowest BCUT2D eigenvalue weighted by atomic mass is 9.78. The minimum absolute atomic E-state index is 0.199. The summed E-state index contributed by atoms with van der Waals surface area (Å²) in [6, 6.07) is 8.36. The first-order valence-electron chi connectivity index (χ1n) is 6.80. The van der Waals surface area contributed by atoms with E-state index in [1.165, 1.54) is 5.56 Å². The predicted molar refractivity (Wildman–Crippen MR) is 81.0 cm³/mol. The third-order valence-electron chi connectivity index (χ3n) is 3.35. The topological polar surface area (TPSA) is 58.9 Å². The fourth-order valence-electron chi connectivity index (χ4n) is 2.16. The standard InChI is InChI=1S/C15H18BrNO3/c16-13-5-3-4-11(8-13)12-9-14(10-12)17-20-7-2-1-6-15(18)19/h3-5,8,12H,1-2,6-7,9-10H2,(H,18,19). The Morgan fingerprint density at radius 3 is 2.90 bits per heavy atom. The van der Waals surface area contributed by atoms with E-state index in [2.05, 4.69) is 33.2 Å². The highest BCUT2D eigenvalue weighted by molar-refractivity contribution is 9.10. The fourth-order valence-corrected chi connectivity index (χ4v) is 2.58. The summed E-state index contributed by atoms with van der Waals surface area (Å²) in [5.41, 5.74) is 2.42. The molecular formula is C15H18BrNO3. The molecule has 1 N–H and O–H groups in total. The van der Waals surface area contributed by atoms with Crippen molar-refractivity contribution in [3.8, 4) is 0 Å². The van der Waals surface area contributed by atoms with E-state index in [1.54, 1.807) is 0 Å². The van der Waals surface area contributed by atoms with E-state index < -0.39 is 5.97 Å². The number of hydrogen-bond donors (Lipinski definition) is 1. The summed E-state index contributed by atoms with van der Waals surface area (Å²) < 4.78 is 1.11. The quantitative estimate of drug-likeness (QED) is 0.604. The van der Waals surface area contributed by atoms with Crippen molar-refractivity contribution in [2.24, 2.45) is 5.16 Å². The van der Waals surface area contributed by atoms with Crippen LogP contribution in [0.4, 0.5) is 0 Å². The number of benzene rings is 1. The molecule has 0 aromatic heterocycles. The lowest BCUT2D eigenvalue weighted by Gasteiger charge is -2.27. The third kappa shape index (κ3) is 4.63. The van der Waals surface area contributed by atoms with Gasteiger partial charge in [-0.25, -0.2) is 0 Å². The first kappa shape index (κ1) is 15.0. The molecule has 0 atom stereocenters. The molecule has 20 heavy (non-hydrogen) atoms. The van der Waals surface area contributed by atoms with Gasteiger partial charge in [-0.15, -0.1) is 0 Å². The zero-order chi connectivity index (χ0) is 14.4. The van der Waals surface area contributed by atoms with E-state index in [0.29, 0.717) is 18.9 Å². The van der Waals surface area contributed by atoms with Crippen LogP contribution in [0.15, 0.2) is 33.9 Å². The highest BCUT2D eigenvalue weighted by atomic mass is 79.9. The number of carbonyl (C=O) groups is 1. The molecule has 0 saturated heterocycles. The number of oxime groups is 1. The Bertz CT molecular complexity index is 494. The molecule has 4 nitrogen and oxygen atoms in total. The maximum absolute atomic E-state index is 10.3. The van der Waals surface area contributed by atoms with Crippen LogP contribution in [0.5, 0.6) is 0 Å². The summed E-state index contributed by atoms with van der Waals surface area (Å²) in [6.07, 6.45) is 3.47. The van der Waals surface area contributed by atoms with Crippen molar-refractivity contribution in [2.75, 3.05) is 6.61 Å². The summed E-state index contributed by atoms with van der Waals surface area (Å²) >= 11 is 3.48. The van der Waals surface area contributed by atoms with Gasteiger partial charge in [0.2, 0.25) is 0 Å². The molecule has 1 fully saturated rings. The highest BCUT2D eigenvalue weighted by Gasteiger charge is 2.26. The summed E-state index contributed by atoms with van der Waals surface area (Å²) in [5.74, 6) is -0.214. The molecule has 2 rings (SSSR count). The maximum Gasteiger partial charge on any atom is 0.303 e. The normalized spacial score (nSPS) is 17.4. The van der Waals surface area contributed by atoms with Crippen molar-refractivity contribution in [2.45, 2.75) is 38.0 Å². The lowest BCUT2D eigenvalue weighted by Crippen LogP contribution is -2.22. The molecule has 1 aromatic carbocycles. The summed E-state index contributed by atoms with van der Waals surface area (Å²) in [6.45, 7) is 0.498. The number of unbranched alkanes of at least 4 members (excludes halogenated alkanes) is 1. The second-order valence-electron chi connectivity index (χ2n) is 5.00. The Morgan fingerprint density at radius 1 is 1.40 bits per heavy atom. The smallest absolute Gasteiger partial charge is 0.303 e. The van der Waals surface area contributed by atoms with Crippen LogP contribution in [0, 0.1) is 0 Å². The highest BCUT2D eigenvalue weighted by Crippen LogP contribution is 2.35. The summed E-state index contributed by atoms with van der Waals surface area (Å²) in [7, 11) is 0. The van der Waals surface area contributed by atoms with Gasteiger partial charge in [0.25, 0.3) is 0 Å². The Kier molecular flexibility index (Phi) is 5.59. The van der Waals surface area contributed by atoms with Crippen LogP contribution in [0.2, 0.25) is 0 Å². The van der Waals surface area contributed by atoms with E-state index in [4.69, 9.17) is 9.94 Å². The van der Waals surface area contributed by atoms with Crippen molar-refractivity contribution >= 4 is 27.6 Å². The van der Waals surface area contributed by atoms with Gasteiger partial charge in [0.1, 0.15) is 6.61 Å². The van der Waals surface area contributed by atoms with Crippen LogP contribution in [0.1, 0.15) is 43.6 Å². The minimum atomic E-state index is -0.757. The molecule has 0 unspecified atom stereocenters. The predicted octanol–water partition coefficient (Wildman–Crippen LogP) is 3.95. The summed E-state index contributed by atoms with van der Waals surface area (Å²) in [5, 5.41) is 12.6. The van der Waals surface area contributed by atoms with Gasteiger partial charge in [-0.05, 0) is 49.3 Å².